The van der Waals surface area contributed by atoms with Gasteiger partial charge in [-0.05, 0) is 37.9 Å². The molecule has 0 fully saturated rings. The average Bonchev–Trinajstić information content (AvgIpc) is 3.22. The van der Waals surface area contributed by atoms with Crippen molar-refractivity contribution in [2.45, 2.75) is 0 Å². The smallest absolute Gasteiger partial charge is 0.249 e. The third kappa shape index (κ3) is 4.79. The van der Waals surface area contributed by atoms with Crippen molar-refractivity contribution in [3.05, 3.63) is 61.3 Å². The van der Waals surface area contributed by atoms with E-state index in [2.05, 4.69) is 30.2 Å². The lowest BCUT2D eigenvalue weighted by Crippen LogP contribution is -2.13. The maximum atomic E-state index is 12.3. The Labute approximate surface area is 185 Å². The van der Waals surface area contributed by atoms with Gasteiger partial charge < -0.3 is 19.9 Å². The summed E-state index contributed by atoms with van der Waals surface area (Å²) >= 11 is 0. The number of rotatable bonds is 7. The molecule has 32 heavy (non-hydrogen) atoms. The average molecular weight is 429 g/mol. The molecule has 162 valence electrons. The maximum absolute atomic E-state index is 12.3. The Morgan fingerprint density at radius 3 is 2.84 bits per heavy atom. The summed E-state index contributed by atoms with van der Waals surface area (Å²) in [5, 5.41) is 3.72. The molecule has 4 rings (SSSR count). The van der Waals surface area contributed by atoms with Crippen LogP contribution in [-0.2, 0) is 4.79 Å². The number of fused-ring (bicyclic) bond motifs is 1. The van der Waals surface area contributed by atoms with Gasteiger partial charge in [0.05, 0.1) is 12.8 Å². The predicted molar refractivity (Wildman–Crippen MR) is 123 cm³/mol. The molecule has 0 aliphatic carbocycles. The molecule has 0 atom stereocenters. The first-order valence-electron chi connectivity index (χ1n) is 9.95. The van der Waals surface area contributed by atoms with Crippen molar-refractivity contribution in [3.63, 3.8) is 0 Å². The molecule has 0 aromatic carbocycles. The summed E-state index contributed by atoms with van der Waals surface area (Å²) in [6.45, 7) is 0.668. The number of pyridine rings is 2. The zero-order valence-corrected chi connectivity index (χ0v) is 18.0. The predicted octanol–water partition coefficient (Wildman–Crippen LogP) is 3.15. The van der Waals surface area contributed by atoms with E-state index < -0.39 is 0 Å². The molecule has 0 saturated carbocycles. The molecule has 1 amide bonds. The molecule has 0 aliphatic rings. The first-order valence-corrected chi connectivity index (χ1v) is 9.95. The second kappa shape index (κ2) is 9.36. The van der Waals surface area contributed by atoms with Crippen LogP contribution in [0.25, 0.3) is 33.4 Å². The molecule has 4 heterocycles. The van der Waals surface area contributed by atoms with Crippen LogP contribution >= 0.6 is 0 Å². The lowest BCUT2D eigenvalue weighted by atomic mass is 10.1. The minimum Gasteiger partial charge on any atom is -0.481 e. The Kier molecular flexibility index (Phi) is 6.18. The number of aromatic amines is 1. The van der Waals surface area contributed by atoms with Crippen molar-refractivity contribution in [2.75, 3.05) is 33.1 Å². The van der Waals surface area contributed by atoms with E-state index in [1.807, 2.05) is 37.3 Å². The molecule has 0 radical (unpaired) electrons. The normalized spacial score (nSPS) is 11.4. The molecule has 0 unspecified atom stereocenters. The van der Waals surface area contributed by atoms with E-state index in [4.69, 9.17) is 4.74 Å². The first kappa shape index (κ1) is 21.1. The number of nitrogens with one attached hydrogen (secondary N) is 2. The largest absolute Gasteiger partial charge is 0.481 e. The highest BCUT2D eigenvalue weighted by molar-refractivity contribution is 5.99. The summed E-state index contributed by atoms with van der Waals surface area (Å²) in [4.78, 5) is 34.6. The number of ether oxygens (including phenoxy) is 1. The molecular weight excluding hydrogens is 406 g/mol. The molecule has 9 nitrogen and oxygen atoms in total. The van der Waals surface area contributed by atoms with Crippen LogP contribution in [0.1, 0.15) is 0 Å². The molecule has 2 N–H and O–H groups in total. The monoisotopic (exact) mass is 429 g/mol. The van der Waals surface area contributed by atoms with Crippen molar-refractivity contribution in [1.82, 2.24) is 29.8 Å². The summed E-state index contributed by atoms with van der Waals surface area (Å²) in [6, 6.07) is 7.47. The fourth-order valence-corrected chi connectivity index (χ4v) is 3.20. The van der Waals surface area contributed by atoms with Crippen LogP contribution in [0.15, 0.2) is 61.3 Å². The SMILES string of the molecule is COc1cc(-c2cnc3[nH]cc(-c4ccncn4)c3c2)cc(NC(=O)C=CCN(C)C)n1. The van der Waals surface area contributed by atoms with Gasteiger partial charge in [0.15, 0.2) is 0 Å². The molecular formula is C23H23N7O2. The number of H-pyrrole nitrogens is 1. The Bertz CT molecular complexity index is 1270. The number of amides is 1. The number of carbonyl (C=O) groups is 1. The fraction of sp³-hybridized carbons (Fsp3) is 0.174. The summed E-state index contributed by atoms with van der Waals surface area (Å²) in [5.74, 6) is 0.521. The highest BCUT2D eigenvalue weighted by atomic mass is 16.5. The Balaban J connectivity index is 1.67. The van der Waals surface area contributed by atoms with E-state index in [9.17, 15) is 4.79 Å². The summed E-state index contributed by atoms with van der Waals surface area (Å²) in [7, 11) is 5.41. The summed E-state index contributed by atoms with van der Waals surface area (Å²) < 4.78 is 5.35. The van der Waals surface area contributed by atoms with Gasteiger partial charge in [0.1, 0.15) is 17.8 Å². The number of hydrogen-bond donors (Lipinski definition) is 2. The van der Waals surface area contributed by atoms with Gasteiger partial charge in [0.2, 0.25) is 11.8 Å². The number of nitrogens with zero attached hydrogens (tertiary/aromatic N) is 5. The minimum absolute atomic E-state index is 0.260. The van der Waals surface area contributed by atoms with Gasteiger partial charge >= 0.3 is 0 Å². The Morgan fingerprint density at radius 1 is 1.22 bits per heavy atom. The van der Waals surface area contributed by atoms with E-state index >= 15 is 0 Å². The van der Waals surface area contributed by atoms with Crippen molar-refractivity contribution in [2.24, 2.45) is 0 Å². The molecule has 9 heteroatoms. The number of aromatic nitrogens is 5. The highest BCUT2D eigenvalue weighted by Gasteiger charge is 2.12. The molecule has 0 bridgehead atoms. The highest BCUT2D eigenvalue weighted by Crippen LogP contribution is 2.31. The summed E-state index contributed by atoms with van der Waals surface area (Å²) in [5.41, 5.74) is 4.15. The number of methoxy groups -OCH3 is 1. The van der Waals surface area contributed by atoms with Gasteiger partial charge in [0.25, 0.3) is 0 Å². The van der Waals surface area contributed by atoms with Gasteiger partial charge in [-0.25, -0.2) is 15.0 Å². The zero-order chi connectivity index (χ0) is 22.5. The molecule has 0 saturated heterocycles. The number of anilines is 1. The van der Waals surface area contributed by atoms with E-state index in [0.29, 0.717) is 18.2 Å². The standard InChI is InChI=1S/C23H23N7O2/c1-30(2)8-4-5-21(31)28-20-10-15(11-22(29-20)32-3)16-9-17-18(13-26-23(17)25-12-16)19-6-7-24-14-27-19/h4-7,9-14H,8H2,1-3H3,(H,25,26)(H,28,29,31). The van der Waals surface area contributed by atoms with Crippen LogP contribution in [0, 0.1) is 0 Å². The first-order chi connectivity index (χ1) is 15.5. The van der Waals surface area contributed by atoms with Crippen LogP contribution < -0.4 is 10.1 Å². The van der Waals surface area contributed by atoms with Gasteiger partial charge in [-0.1, -0.05) is 6.08 Å². The zero-order valence-electron chi connectivity index (χ0n) is 18.0. The fourth-order valence-electron chi connectivity index (χ4n) is 3.20. The van der Waals surface area contributed by atoms with Crippen molar-refractivity contribution in [1.29, 1.82) is 0 Å². The maximum Gasteiger partial charge on any atom is 0.249 e. The van der Waals surface area contributed by atoms with E-state index in [0.717, 1.165) is 33.4 Å². The van der Waals surface area contributed by atoms with Gasteiger partial charge in [0, 0.05) is 53.8 Å². The van der Waals surface area contributed by atoms with Crippen LogP contribution in [-0.4, -0.2) is 63.5 Å². The molecule has 4 aromatic heterocycles. The second-order valence-corrected chi connectivity index (χ2v) is 7.35. The van der Waals surface area contributed by atoms with Crippen LogP contribution in [0.4, 0.5) is 5.82 Å². The van der Waals surface area contributed by atoms with Gasteiger partial charge in [-0.15, -0.1) is 0 Å². The van der Waals surface area contributed by atoms with Gasteiger partial charge in [-0.2, -0.15) is 4.98 Å². The summed E-state index contributed by atoms with van der Waals surface area (Å²) in [6.07, 6.45) is 10.1. The Morgan fingerprint density at radius 2 is 2.09 bits per heavy atom. The van der Waals surface area contributed by atoms with Crippen LogP contribution in [0.3, 0.4) is 0 Å². The second-order valence-electron chi connectivity index (χ2n) is 7.35. The lowest BCUT2D eigenvalue weighted by Gasteiger charge is -2.09. The molecule has 4 aromatic rings. The van der Waals surface area contributed by atoms with E-state index in [1.54, 1.807) is 30.6 Å². The van der Waals surface area contributed by atoms with Crippen molar-refractivity contribution in [3.8, 4) is 28.3 Å². The number of carbonyl (C=O) groups excluding carboxylic acids is 1. The van der Waals surface area contributed by atoms with E-state index in [1.165, 1.54) is 19.5 Å². The van der Waals surface area contributed by atoms with Crippen LogP contribution in [0.5, 0.6) is 5.88 Å². The van der Waals surface area contributed by atoms with Crippen LogP contribution in [0.2, 0.25) is 0 Å². The quantitative estimate of drug-likeness (QED) is 0.434. The number of hydrogen-bond acceptors (Lipinski definition) is 7. The third-order valence-electron chi connectivity index (χ3n) is 4.72. The minimum atomic E-state index is -0.260. The van der Waals surface area contributed by atoms with Crippen molar-refractivity contribution < 1.29 is 9.53 Å². The van der Waals surface area contributed by atoms with E-state index in [-0.39, 0.29) is 5.91 Å². The third-order valence-corrected chi connectivity index (χ3v) is 4.72. The molecule has 0 aliphatic heterocycles. The Hall–Kier alpha value is -4.11. The van der Waals surface area contributed by atoms with Gasteiger partial charge in [-0.3, -0.25) is 4.79 Å². The topological polar surface area (TPSA) is 109 Å². The molecule has 0 spiro atoms. The van der Waals surface area contributed by atoms with Crippen molar-refractivity contribution >= 4 is 22.8 Å². The number of likely N-dealkylation sites (N-methyl/N-ethyl adjacent to an activating group) is 1. The lowest BCUT2D eigenvalue weighted by molar-refractivity contribution is -0.111.